The molecule has 1 aromatic rings. The van der Waals surface area contributed by atoms with Crippen molar-refractivity contribution in [3.63, 3.8) is 0 Å². The Morgan fingerprint density at radius 2 is 1.82 bits per heavy atom. The molecule has 2 fully saturated rings. The smallest absolute Gasteiger partial charge is 0.0426 e. The zero-order chi connectivity index (χ0) is 14.5. The highest BCUT2D eigenvalue weighted by molar-refractivity contribution is 6.30. The summed E-state index contributed by atoms with van der Waals surface area (Å²) in [5, 5.41) is 4.28. The summed E-state index contributed by atoms with van der Waals surface area (Å²) in [6, 6.07) is 8.23. The van der Waals surface area contributed by atoms with Crippen LogP contribution in [-0.2, 0) is 0 Å². The van der Waals surface area contributed by atoms with E-state index in [2.05, 4.69) is 27.2 Å². The van der Waals surface area contributed by atoms with Gasteiger partial charge in [-0.25, -0.2) is 0 Å². The number of piperazine rings is 1. The molecule has 0 aromatic heterocycles. The minimum absolute atomic E-state index is 0. The summed E-state index contributed by atoms with van der Waals surface area (Å²) in [7, 11) is 0. The molecule has 22 heavy (non-hydrogen) atoms. The quantitative estimate of drug-likeness (QED) is 0.904. The predicted molar refractivity (Wildman–Crippen MR) is 97.6 cm³/mol. The average molecular weight is 344 g/mol. The van der Waals surface area contributed by atoms with Crippen molar-refractivity contribution in [2.24, 2.45) is 5.92 Å². The summed E-state index contributed by atoms with van der Waals surface area (Å²) >= 11 is 6.09. The number of piperidine rings is 1. The summed E-state index contributed by atoms with van der Waals surface area (Å²) in [5.41, 5.74) is 1.26. The van der Waals surface area contributed by atoms with E-state index in [1.165, 1.54) is 57.7 Å². The van der Waals surface area contributed by atoms with Gasteiger partial charge in [0.15, 0.2) is 0 Å². The minimum Gasteiger partial charge on any atom is -0.369 e. The highest BCUT2D eigenvalue weighted by Gasteiger charge is 2.19. The number of benzene rings is 1. The molecule has 124 valence electrons. The first kappa shape index (κ1) is 17.9. The molecule has 2 heterocycles. The molecule has 0 unspecified atom stereocenters. The summed E-state index contributed by atoms with van der Waals surface area (Å²) in [6.45, 7) is 8.29. The van der Waals surface area contributed by atoms with Crippen LogP contribution >= 0.6 is 24.0 Å². The second kappa shape index (κ2) is 8.97. The molecule has 2 aliphatic heterocycles. The van der Waals surface area contributed by atoms with Crippen molar-refractivity contribution in [2.45, 2.75) is 19.3 Å². The molecule has 0 spiro atoms. The van der Waals surface area contributed by atoms with Crippen LogP contribution in [0.1, 0.15) is 19.3 Å². The molecule has 0 saturated carbocycles. The van der Waals surface area contributed by atoms with E-state index in [-0.39, 0.29) is 12.4 Å². The summed E-state index contributed by atoms with van der Waals surface area (Å²) in [4.78, 5) is 5.08. The van der Waals surface area contributed by atoms with Gasteiger partial charge in [-0.15, -0.1) is 12.4 Å². The van der Waals surface area contributed by atoms with Crippen LogP contribution in [0, 0.1) is 5.92 Å². The van der Waals surface area contributed by atoms with E-state index in [0.29, 0.717) is 0 Å². The zero-order valence-corrected chi connectivity index (χ0v) is 14.7. The molecule has 2 saturated heterocycles. The third-order valence-corrected chi connectivity index (χ3v) is 5.09. The number of halogens is 2. The molecular formula is C17H27Cl2N3. The minimum atomic E-state index is 0. The highest BCUT2D eigenvalue weighted by atomic mass is 35.5. The molecule has 3 nitrogen and oxygen atoms in total. The SMILES string of the molecule is Cl.Clc1cccc(N2CCN(CCC3CCNCC3)CC2)c1. The molecule has 0 amide bonds. The Kier molecular flexibility index (Phi) is 7.29. The Hall–Kier alpha value is -0.480. The number of nitrogens with one attached hydrogen (secondary N) is 1. The van der Waals surface area contributed by atoms with Crippen molar-refractivity contribution >= 4 is 29.7 Å². The number of rotatable bonds is 4. The Bertz CT molecular complexity index is 441. The molecular weight excluding hydrogens is 317 g/mol. The molecule has 0 radical (unpaired) electrons. The third-order valence-electron chi connectivity index (χ3n) is 4.86. The van der Waals surface area contributed by atoms with Gasteiger partial charge in [-0.05, 0) is 63.0 Å². The van der Waals surface area contributed by atoms with Crippen molar-refractivity contribution in [3.05, 3.63) is 29.3 Å². The van der Waals surface area contributed by atoms with Crippen molar-refractivity contribution in [1.82, 2.24) is 10.2 Å². The van der Waals surface area contributed by atoms with E-state index in [0.717, 1.165) is 24.0 Å². The molecule has 1 aromatic carbocycles. The lowest BCUT2D eigenvalue weighted by Gasteiger charge is -2.37. The van der Waals surface area contributed by atoms with Gasteiger partial charge < -0.3 is 10.2 Å². The fourth-order valence-corrected chi connectivity index (χ4v) is 3.62. The van der Waals surface area contributed by atoms with Gasteiger partial charge in [0.1, 0.15) is 0 Å². The first-order chi connectivity index (χ1) is 10.3. The fourth-order valence-electron chi connectivity index (χ4n) is 3.44. The lowest BCUT2D eigenvalue weighted by atomic mass is 9.94. The highest BCUT2D eigenvalue weighted by Crippen LogP contribution is 2.21. The van der Waals surface area contributed by atoms with E-state index in [9.17, 15) is 0 Å². The van der Waals surface area contributed by atoms with Crippen molar-refractivity contribution in [3.8, 4) is 0 Å². The van der Waals surface area contributed by atoms with E-state index in [4.69, 9.17) is 11.6 Å². The lowest BCUT2D eigenvalue weighted by molar-refractivity contribution is 0.224. The molecule has 2 aliphatic rings. The number of hydrogen-bond acceptors (Lipinski definition) is 3. The summed E-state index contributed by atoms with van der Waals surface area (Å²) in [6.07, 6.45) is 4.10. The summed E-state index contributed by atoms with van der Waals surface area (Å²) in [5.74, 6) is 0.942. The second-order valence-corrected chi connectivity index (χ2v) is 6.73. The van der Waals surface area contributed by atoms with Gasteiger partial charge in [0, 0.05) is 36.9 Å². The normalized spacial score (nSPS) is 20.7. The van der Waals surface area contributed by atoms with Gasteiger partial charge in [0.25, 0.3) is 0 Å². The first-order valence-electron chi connectivity index (χ1n) is 8.25. The van der Waals surface area contributed by atoms with E-state index >= 15 is 0 Å². The van der Waals surface area contributed by atoms with Crippen LogP contribution in [-0.4, -0.2) is 50.7 Å². The zero-order valence-electron chi connectivity index (χ0n) is 13.1. The Morgan fingerprint density at radius 3 is 2.50 bits per heavy atom. The van der Waals surface area contributed by atoms with Gasteiger partial charge in [-0.1, -0.05) is 17.7 Å². The maximum atomic E-state index is 6.09. The standard InChI is InChI=1S/C17H26ClN3.ClH/c18-16-2-1-3-17(14-16)21-12-10-20(11-13-21)9-6-15-4-7-19-8-5-15;/h1-3,14-15,19H,4-13H2;1H. The van der Waals surface area contributed by atoms with Crippen LogP contribution in [0.15, 0.2) is 24.3 Å². The predicted octanol–water partition coefficient (Wildman–Crippen LogP) is 3.27. The number of anilines is 1. The summed E-state index contributed by atoms with van der Waals surface area (Å²) < 4.78 is 0. The van der Waals surface area contributed by atoms with Gasteiger partial charge in [0.2, 0.25) is 0 Å². The second-order valence-electron chi connectivity index (χ2n) is 6.29. The average Bonchev–Trinajstić information content (AvgIpc) is 2.54. The van der Waals surface area contributed by atoms with Gasteiger partial charge in [0.05, 0.1) is 0 Å². The van der Waals surface area contributed by atoms with Crippen molar-refractivity contribution in [2.75, 3.05) is 50.7 Å². The van der Waals surface area contributed by atoms with Crippen LogP contribution in [0.4, 0.5) is 5.69 Å². The first-order valence-corrected chi connectivity index (χ1v) is 8.62. The Morgan fingerprint density at radius 1 is 1.09 bits per heavy atom. The van der Waals surface area contributed by atoms with Gasteiger partial charge in [-0.3, -0.25) is 4.90 Å². The molecule has 5 heteroatoms. The van der Waals surface area contributed by atoms with Crippen LogP contribution in [0.2, 0.25) is 5.02 Å². The van der Waals surface area contributed by atoms with Crippen LogP contribution in [0.25, 0.3) is 0 Å². The van der Waals surface area contributed by atoms with E-state index < -0.39 is 0 Å². The molecule has 0 aliphatic carbocycles. The van der Waals surface area contributed by atoms with Crippen LogP contribution < -0.4 is 10.2 Å². The molecule has 0 atom stereocenters. The van der Waals surface area contributed by atoms with Gasteiger partial charge >= 0.3 is 0 Å². The number of hydrogen-bond donors (Lipinski definition) is 1. The largest absolute Gasteiger partial charge is 0.369 e. The maximum Gasteiger partial charge on any atom is 0.0426 e. The molecule has 1 N–H and O–H groups in total. The molecule has 0 bridgehead atoms. The molecule has 3 rings (SSSR count). The Labute approximate surface area is 145 Å². The number of nitrogens with zero attached hydrogens (tertiary/aromatic N) is 2. The van der Waals surface area contributed by atoms with Gasteiger partial charge in [-0.2, -0.15) is 0 Å². The lowest BCUT2D eigenvalue weighted by Crippen LogP contribution is -2.47. The maximum absolute atomic E-state index is 6.09. The van der Waals surface area contributed by atoms with Crippen molar-refractivity contribution in [1.29, 1.82) is 0 Å². The fraction of sp³-hybridized carbons (Fsp3) is 0.647. The third kappa shape index (κ3) is 5.02. The van der Waals surface area contributed by atoms with Crippen molar-refractivity contribution < 1.29 is 0 Å². The topological polar surface area (TPSA) is 18.5 Å². The van der Waals surface area contributed by atoms with E-state index in [1.54, 1.807) is 0 Å². The van der Waals surface area contributed by atoms with E-state index in [1.807, 2.05) is 12.1 Å². The monoisotopic (exact) mass is 343 g/mol. The Balaban J connectivity index is 0.00000176. The van der Waals surface area contributed by atoms with Crippen LogP contribution in [0.5, 0.6) is 0 Å². The van der Waals surface area contributed by atoms with Crippen LogP contribution in [0.3, 0.4) is 0 Å².